The molecule has 234 valence electrons. The molecule has 0 radical (unpaired) electrons. The maximum Gasteiger partial charge on any atom is 0.0541 e. The number of rotatable bonds is 5. The van der Waals surface area contributed by atoms with Crippen LogP contribution in [0.25, 0.3) is 92.2 Å². The highest BCUT2D eigenvalue weighted by Gasteiger charge is 2.16. The maximum absolute atomic E-state index is 2.42. The van der Waals surface area contributed by atoms with E-state index in [9.17, 15) is 0 Å². The summed E-state index contributed by atoms with van der Waals surface area (Å²) in [7, 11) is 0. The van der Waals surface area contributed by atoms with Gasteiger partial charge in [0.25, 0.3) is 0 Å². The van der Waals surface area contributed by atoms with Gasteiger partial charge in [-0.3, -0.25) is 0 Å². The SMILES string of the molecule is c1ccc(-c2ccc(-n3c4ccc(-c5ccccc5)cc4c4cc(-c5ccc6sc7ccc(-c8ccccc8)cc7c6c5)ccc43)cc2)cc1. The number of aromatic nitrogens is 1. The minimum absolute atomic E-state index is 1.16. The minimum Gasteiger partial charge on any atom is -0.309 e. The molecule has 0 fully saturated rings. The molecule has 2 heteroatoms. The van der Waals surface area contributed by atoms with Crippen molar-refractivity contribution in [1.29, 1.82) is 0 Å². The van der Waals surface area contributed by atoms with Crippen molar-refractivity contribution in [3.63, 3.8) is 0 Å². The summed E-state index contributed by atoms with van der Waals surface area (Å²) in [4.78, 5) is 0. The Kier molecular flexibility index (Phi) is 6.75. The molecule has 0 amide bonds. The normalized spacial score (nSPS) is 11.6. The summed E-state index contributed by atoms with van der Waals surface area (Å²) >= 11 is 1.87. The van der Waals surface area contributed by atoms with Crippen LogP contribution in [0.4, 0.5) is 0 Å². The molecule has 0 aliphatic carbocycles. The van der Waals surface area contributed by atoms with Gasteiger partial charge in [-0.2, -0.15) is 0 Å². The fourth-order valence-electron chi connectivity index (χ4n) is 7.49. The number of nitrogens with zero attached hydrogens (tertiary/aromatic N) is 1. The van der Waals surface area contributed by atoms with E-state index in [4.69, 9.17) is 0 Å². The number of fused-ring (bicyclic) bond motifs is 6. The number of hydrogen-bond donors (Lipinski definition) is 0. The summed E-state index contributed by atoms with van der Waals surface area (Å²) in [5, 5.41) is 5.14. The Morgan fingerprint density at radius 1 is 0.280 bits per heavy atom. The summed E-state index contributed by atoms with van der Waals surface area (Å²) in [6, 6.07) is 68.7. The second-order valence-electron chi connectivity index (χ2n) is 13.0. The molecule has 0 aliphatic rings. The third-order valence-corrected chi connectivity index (χ3v) is 11.2. The summed E-state index contributed by atoms with van der Waals surface area (Å²) < 4.78 is 5.05. The van der Waals surface area contributed by atoms with Crippen LogP contribution in [0.3, 0.4) is 0 Å². The zero-order valence-electron chi connectivity index (χ0n) is 27.3. The van der Waals surface area contributed by atoms with E-state index in [-0.39, 0.29) is 0 Å². The van der Waals surface area contributed by atoms with Crippen LogP contribution in [0.1, 0.15) is 0 Å². The zero-order valence-corrected chi connectivity index (χ0v) is 28.1. The van der Waals surface area contributed by atoms with Gasteiger partial charge in [0.05, 0.1) is 11.0 Å². The molecule has 8 aromatic carbocycles. The van der Waals surface area contributed by atoms with Crippen molar-refractivity contribution in [1.82, 2.24) is 4.57 Å². The van der Waals surface area contributed by atoms with Gasteiger partial charge in [-0.15, -0.1) is 11.3 Å². The summed E-state index contributed by atoms with van der Waals surface area (Å²) in [6.07, 6.45) is 0. The molecule has 1 nitrogen and oxygen atoms in total. The molecule has 0 unspecified atom stereocenters. The second kappa shape index (κ2) is 11.7. The van der Waals surface area contributed by atoms with E-state index in [0.717, 1.165) is 5.69 Å². The van der Waals surface area contributed by atoms with Crippen molar-refractivity contribution >= 4 is 53.3 Å². The van der Waals surface area contributed by atoms with Crippen LogP contribution in [0.2, 0.25) is 0 Å². The molecule has 0 N–H and O–H groups in total. The molecule has 2 aromatic heterocycles. The van der Waals surface area contributed by atoms with Crippen LogP contribution >= 0.6 is 11.3 Å². The topological polar surface area (TPSA) is 4.93 Å². The summed E-state index contributed by atoms with van der Waals surface area (Å²) in [5.74, 6) is 0. The van der Waals surface area contributed by atoms with E-state index in [1.54, 1.807) is 0 Å². The molecule has 0 atom stereocenters. The van der Waals surface area contributed by atoms with Gasteiger partial charge in [0.15, 0.2) is 0 Å². The molecule has 0 saturated carbocycles. The monoisotopic (exact) mass is 653 g/mol. The fraction of sp³-hybridized carbons (Fsp3) is 0. The maximum atomic E-state index is 2.42. The Labute approximate surface area is 295 Å². The Morgan fingerprint density at radius 2 is 0.620 bits per heavy atom. The molecular weight excluding hydrogens is 623 g/mol. The van der Waals surface area contributed by atoms with Gasteiger partial charge in [-0.25, -0.2) is 0 Å². The van der Waals surface area contributed by atoms with Gasteiger partial charge in [0.2, 0.25) is 0 Å². The van der Waals surface area contributed by atoms with Crippen molar-refractivity contribution in [3.05, 3.63) is 188 Å². The van der Waals surface area contributed by atoms with E-state index >= 15 is 0 Å². The third kappa shape index (κ3) is 4.84. The van der Waals surface area contributed by atoms with Gasteiger partial charge >= 0.3 is 0 Å². The molecule has 0 bridgehead atoms. The first-order chi connectivity index (χ1) is 24.8. The van der Waals surface area contributed by atoms with Crippen molar-refractivity contribution in [2.75, 3.05) is 0 Å². The third-order valence-electron chi connectivity index (χ3n) is 10.0. The van der Waals surface area contributed by atoms with Crippen LogP contribution in [-0.4, -0.2) is 4.57 Å². The lowest BCUT2D eigenvalue weighted by atomic mass is 9.98. The standard InChI is InChI=1S/C48H31NS/c1-4-10-32(11-5-1)35-16-22-40(23-17-35)49-45-24-18-36(33-12-6-2-7-13-33)28-41(45)42-29-38(19-25-46(42)49)39-21-27-48-44(31-39)43-30-37(20-26-47(43)50-48)34-14-8-3-9-15-34/h1-31H. The Bertz CT molecular complexity index is 2830. The molecule has 0 spiro atoms. The van der Waals surface area contributed by atoms with Crippen molar-refractivity contribution < 1.29 is 0 Å². The van der Waals surface area contributed by atoms with Gasteiger partial charge in [-0.05, 0) is 105 Å². The van der Waals surface area contributed by atoms with Crippen molar-refractivity contribution in [2.24, 2.45) is 0 Å². The van der Waals surface area contributed by atoms with Crippen LogP contribution < -0.4 is 0 Å². The van der Waals surface area contributed by atoms with Gasteiger partial charge in [0, 0.05) is 36.6 Å². The first-order valence-corrected chi connectivity index (χ1v) is 17.9. The minimum atomic E-state index is 1.16. The van der Waals surface area contributed by atoms with E-state index in [2.05, 4.69) is 193 Å². The molecule has 0 saturated heterocycles. The van der Waals surface area contributed by atoms with E-state index in [1.165, 1.54) is 86.5 Å². The molecule has 10 rings (SSSR count). The zero-order chi connectivity index (χ0) is 33.0. The number of hydrogen-bond acceptors (Lipinski definition) is 1. The lowest BCUT2D eigenvalue weighted by Crippen LogP contribution is -1.94. The fourth-order valence-corrected chi connectivity index (χ4v) is 8.56. The van der Waals surface area contributed by atoms with Crippen molar-refractivity contribution in [2.45, 2.75) is 0 Å². The predicted octanol–water partition coefficient (Wildman–Crippen LogP) is 13.8. The largest absolute Gasteiger partial charge is 0.309 e. The first kappa shape index (κ1) is 28.8. The van der Waals surface area contributed by atoms with E-state index in [1.807, 2.05) is 11.3 Å². The number of benzene rings is 8. The van der Waals surface area contributed by atoms with Gasteiger partial charge in [0.1, 0.15) is 0 Å². The first-order valence-electron chi connectivity index (χ1n) is 17.1. The Hall–Kier alpha value is -6.22. The molecule has 2 heterocycles. The van der Waals surface area contributed by atoms with Crippen LogP contribution in [-0.2, 0) is 0 Å². The quantitative estimate of drug-likeness (QED) is 0.174. The Balaban J connectivity index is 1.14. The van der Waals surface area contributed by atoms with Crippen LogP contribution in [0.15, 0.2) is 188 Å². The summed E-state index contributed by atoms with van der Waals surface area (Å²) in [6.45, 7) is 0. The molecule has 50 heavy (non-hydrogen) atoms. The lowest BCUT2D eigenvalue weighted by Gasteiger charge is -2.10. The smallest absolute Gasteiger partial charge is 0.0541 e. The van der Waals surface area contributed by atoms with Crippen LogP contribution in [0.5, 0.6) is 0 Å². The molecule has 0 aliphatic heterocycles. The van der Waals surface area contributed by atoms with Gasteiger partial charge in [-0.1, -0.05) is 127 Å². The van der Waals surface area contributed by atoms with Gasteiger partial charge < -0.3 is 4.57 Å². The average molecular weight is 654 g/mol. The van der Waals surface area contributed by atoms with Crippen LogP contribution in [0, 0.1) is 0 Å². The number of thiophene rings is 1. The highest BCUT2D eigenvalue weighted by atomic mass is 32.1. The highest BCUT2D eigenvalue weighted by Crippen LogP contribution is 2.41. The highest BCUT2D eigenvalue weighted by molar-refractivity contribution is 7.25. The Morgan fingerprint density at radius 3 is 1.08 bits per heavy atom. The summed E-state index contributed by atoms with van der Waals surface area (Å²) in [5.41, 5.74) is 13.4. The molecular formula is C48H31NS. The van der Waals surface area contributed by atoms with E-state index < -0.39 is 0 Å². The average Bonchev–Trinajstić information content (AvgIpc) is 3.73. The van der Waals surface area contributed by atoms with E-state index in [0.29, 0.717) is 0 Å². The lowest BCUT2D eigenvalue weighted by molar-refractivity contribution is 1.18. The second-order valence-corrected chi connectivity index (χ2v) is 14.1. The molecule has 10 aromatic rings. The predicted molar refractivity (Wildman–Crippen MR) is 215 cm³/mol. The van der Waals surface area contributed by atoms with Crippen molar-refractivity contribution in [3.8, 4) is 50.2 Å².